The number of fused-ring (bicyclic) bond motifs is 1. The van der Waals surface area contributed by atoms with E-state index in [9.17, 15) is 8.78 Å². The van der Waals surface area contributed by atoms with Crippen LogP contribution in [0.2, 0.25) is 0 Å². The van der Waals surface area contributed by atoms with Crippen LogP contribution < -0.4 is 5.32 Å². The Bertz CT molecular complexity index is 575. The fourth-order valence-electron chi connectivity index (χ4n) is 2.25. The zero-order valence-electron chi connectivity index (χ0n) is 11.5. The molecule has 1 heterocycles. The first-order valence-corrected chi connectivity index (χ1v) is 6.63. The van der Waals surface area contributed by atoms with Crippen molar-refractivity contribution in [1.29, 1.82) is 0 Å². The Hall–Kier alpha value is -1.42. The van der Waals surface area contributed by atoms with E-state index in [-0.39, 0.29) is 5.58 Å². The second-order valence-electron chi connectivity index (χ2n) is 5.14. The van der Waals surface area contributed by atoms with Crippen molar-refractivity contribution in [3.8, 4) is 0 Å². The summed E-state index contributed by atoms with van der Waals surface area (Å²) in [6, 6.07) is 2.14. The largest absolute Gasteiger partial charge is 0.459 e. The van der Waals surface area contributed by atoms with Gasteiger partial charge in [0.1, 0.15) is 23.0 Å². The molecule has 4 heteroatoms. The summed E-state index contributed by atoms with van der Waals surface area (Å²) < 4.78 is 32.6. The summed E-state index contributed by atoms with van der Waals surface area (Å²) in [7, 11) is 0. The van der Waals surface area contributed by atoms with Gasteiger partial charge in [0.15, 0.2) is 0 Å². The van der Waals surface area contributed by atoms with E-state index in [1.165, 1.54) is 6.07 Å². The van der Waals surface area contributed by atoms with Gasteiger partial charge in [-0.05, 0) is 18.9 Å². The van der Waals surface area contributed by atoms with E-state index in [4.69, 9.17) is 4.42 Å². The second-order valence-corrected chi connectivity index (χ2v) is 5.14. The number of rotatable bonds is 5. The minimum atomic E-state index is -0.608. The Morgan fingerprint density at radius 1 is 1.26 bits per heavy atom. The van der Waals surface area contributed by atoms with Crippen LogP contribution in [-0.2, 0) is 13.0 Å². The molecule has 0 bridgehead atoms. The molecule has 19 heavy (non-hydrogen) atoms. The molecule has 2 nitrogen and oxygen atoms in total. The molecule has 0 fully saturated rings. The van der Waals surface area contributed by atoms with Crippen LogP contribution in [0.25, 0.3) is 11.0 Å². The molecule has 2 aromatic rings. The van der Waals surface area contributed by atoms with Crippen LogP contribution in [0.4, 0.5) is 8.78 Å². The SMILES string of the molecule is CCc1c(CNCC(C)C)oc2cc(F)cc(F)c12. The summed E-state index contributed by atoms with van der Waals surface area (Å²) in [5.74, 6) is 0.0695. The van der Waals surface area contributed by atoms with Crippen LogP contribution in [0.1, 0.15) is 32.1 Å². The smallest absolute Gasteiger partial charge is 0.140 e. The highest BCUT2D eigenvalue weighted by Crippen LogP contribution is 2.29. The molecule has 1 aromatic heterocycles. The molecule has 0 aliphatic carbocycles. The van der Waals surface area contributed by atoms with E-state index in [1.54, 1.807) is 0 Å². The fraction of sp³-hybridized carbons (Fsp3) is 0.467. The van der Waals surface area contributed by atoms with Crippen LogP contribution in [0.3, 0.4) is 0 Å². The van der Waals surface area contributed by atoms with Crippen molar-refractivity contribution >= 4 is 11.0 Å². The predicted octanol–water partition coefficient (Wildman–Crippen LogP) is 4.02. The zero-order valence-corrected chi connectivity index (χ0v) is 11.5. The standard InChI is InChI=1S/C15H19F2NO/c1-4-11-14(8-18-7-9(2)3)19-13-6-10(16)5-12(17)15(11)13/h5-6,9,18H,4,7-8H2,1-3H3. The number of aryl methyl sites for hydroxylation is 1. The molecule has 0 amide bonds. The summed E-state index contributed by atoms with van der Waals surface area (Å²) in [4.78, 5) is 0. The van der Waals surface area contributed by atoms with Crippen LogP contribution in [0.5, 0.6) is 0 Å². The molecule has 1 aromatic carbocycles. The van der Waals surface area contributed by atoms with Crippen LogP contribution in [0, 0.1) is 17.6 Å². The molecule has 0 radical (unpaired) electrons. The summed E-state index contributed by atoms with van der Waals surface area (Å²) in [5, 5.41) is 3.67. The molecule has 2 rings (SSSR count). The maximum absolute atomic E-state index is 13.8. The second kappa shape index (κ2) is 5.70. The maximum atomic E-state index is 13.8. The molecule has 0 saturated carbocycles. The van der Waals surface area contributed by atoms with Gasteiger partial charge >= 0.3 is 0 Å². The van der Waals surface area contributed by atoms with Crippen molar-refractivity contribution < 1.29 is 13.2 Å². The number of benzene rings is 1. The highest BCUT2D eigenvalue weighted by molar-refractivity contribution is 5.83. The molecule has 0 saturated heterocycles. The minimum absolute atomic E-state index is 0.288. The Morgan fingerprint density at radius 2 is 2.00 bits per heavy atom. The van der Waals surface area contributed by atoms with Gasteiger partial charge < -0.3 is 9.73 Å². The van der Waals surface area contributed by atoms with E-state index >= 15 is 0 Å². The van der Waals surface area contributed by atoms with E-state index in [0.717, 1.165) is 18.2 Å². The third kappa shape index (κ3) is 2.95. The lowest BCUT2D eigenvalue weighted by atomic mass is 10.1. The molecular weight excluding hydrogens is 248 g/mol. The number of hydrogen-bond donors (Lipinski definition) is 1. The molecule has 0 unspecified atom stereocenters. The highest BCUT2D eigenvalue weighted by atomic mass is 19.1. The molecule has 1 N–H and O–H groups in total. The van der Waals surface area contributed by atoms with Crippen LogP contribution >= 0.6 is 0 Å². The van der Waals surface area contributed by atoms with Gasteiger partial charge in [-0.15, -0.1) is 0 Å². The van der Waals surface area contributed by atoms with Crippen LogP contribution in [0.15, 0.2) is 16.5 Å². The van der Waals surface area contributed by atoms with Crippen molar-refractivity contribution in [3.63, 3.8) is 0 Å². The van der Waals surface area contributed by atoms with Gasteiger partial charge in [0.25, 0.3) is 0 Å². The Labute approximate surface area is 111 Å². The van der Waals surface area contributed by atoms with Crippen LogP contribution in [-0.4, -0.2) is 6.54 Å². The lowest BCUT2D eigenvalue weighted by Crippen LogP contribution is -2.19. The first kappa shape index (κ1) is 14.0. The Morgan fingerprint density at radius 3 is 2.63 bits per heavy atom. The van der Waals surface area contributed by atoms with Gasteiger partial charge in [-0.25, -0.2) is 8.78 Å². The lowest BCUT2D eigenvalue weighted by Gasteiger charge is -2.06. The van der Waals surface area contributed by atoms with Crippen molar-refractivity contribution in [2.24, 2.45) is 5.92 Å². The third-order valence-electron chi connectivity index (χ3n) is 3.08. The first-order valence-electron chi connectivity index (χ1n) is 6.63. The lowest BCUT2D eigenvalue weighted by molar-refractivity contribution is 0.480. The number of hydrogen-bond acceptors (Lipinski definition) is 2. The molecule has 0 aliphatic heterocycles. The van der Waals surface area contributed by atoms with E-state index in [2.05, 4.69) is 19.2 Å². The molecule has 0 aliphatic rings. The summed E-state index contributed by atoms with van der Waals surface area (Å²) in [6.45, 7) is 7.57. The van der Waals surface area contributed by atoms with Crippen molar-refractivity contribution in [3.05, 3.63) is 35.1 Å². The van der Waals surface area contributed by atoms with Gasteiger partial charge in [0.05, 0.1) is 11.9 Å². The molecule has 0 atom stereocenters. The zero-order chi connectivity index (χ0) is 14.0. The summed E-state index contributed by atoms with van der Waals surface area (Å²) in [6.07, 6.45) is 0.661. The summed E-state index contributed by atoms with van der Waals surface area (Å²) in [5.41, 5.74) is 1.11. The maximum Gasteiger partial charge on any atom is 0.140 e. The highest BCUT2D eigenvalue weighted by Gasteiger charge is 2.17. The quantitative estimate of drug-likeness (QED) is 0.885. The number of nitrogens with one attached hydrogen (secondary N) is 1. The van der Waals surface area contributed by atoms with Crippen molar-refractivity contribution in [1.82, 2.24) is 5.32 Å². The van der Waals surface area contributed by atoms with Crippen molar-refractivity contribution in [2.75, 3.05) is 6.54 Å². The normalized spacial score (nSPS) is 11.7. The fourth-order valence-corrected chi connectivity index (χ4v) is 2.25. The minimum Gasteiger partial charge on any atom is -0.459 e. The monoisotopic (exact) mass is 267 g/mol. The van der Waals surface area contributed by atoms with Gasteiger partial charge in [-0.2, -0.15) is 0 Å². The summed E-state index contributed by atoms with van der Waals surface area (Å²) >= 11 is 0. The molecular formula is C15H19F2NO. The van der Waals surface area contributed by atoms with Crippen molar-refractivity contribution in [2.45, 2.75) is 33.7 Å². The van der Waals surface area contributed by atoms with E-state index in [0.29, 0.717) is 30.0 Å². The predicted molar refractivity (Wildman–Crippen MR) is 72.1 cm³/mol. The first-order chi connectivity index (χ1) is 9.02. The van der Waals surface area contributed by atoms with Gasteiger partial charge in [-0.3, -0.25) is 0 Å². The van der Waals surface area contributed by atoms with E-state index < -0.39 is 11.6 Å². The Kier molecular flexibility index (Phi) is 4.20. The third-order valence-corrected chi connectivity index (χ3v) is 3.08. The average molecular weight is 267 g/mol. The molecule has 104 valence electrons. The topological polar surface area (TPSA) is 25.2 Å². The van der Waals surface area contributed by atoms with Gasteiger partial charge in [0.2, 0.25) is 0 Å². The number of furan rings is 1. The molecule has 0 spiro atoms. The Balaban J connectivity index is 2.36. The number of halogens is 2. The van der Waals surface area contributed by atoms with Gasteiger partial charge in [-0.1, -0.05) is 20.8 Å². The van der Waals surface area contributed by atoms with E-state index in [1.807, 2.05) is 6.92 Å². The average Bonchev–Trinajstić information content (AvgIpc) is 2.66. The van der Waals surface area contributed by atoms with Gasteiger partial charge in [0, 0.05) is 17.7 Å².